The quantitative estimate of drug-likeness (QED) is 0.214. The average molecular weight is 595 g/mol. The summed E-state index contributed by atoms with van der Waals surface area (Å²) in [6.07, 6.45) is 6.05. The van der Waals surface area contributed by atoms with E-state index in [0.717, 1.165) is 53.9 Å². The second kappa shape index (κ2) is 12.9. The summed E-state index contributed by atoms with van der Waals surface area (Å²) < 4.78 is 1.57. The highest BCUT2D eigenvalue weighted by molar-refractivity contribution is 5.94. The van der Waals surface area contributed by atoms with Crippen molar-refractivity contribution in [2.24, 2.45) is 13.0 Å². The molecule has 230 valence electrons. The Kier molecular flexibility index (Phi) is 9.06. The van der Waals surface area contributed by atoms with Gasteiger partial charge in [-0.25, -0.2) is 4.98 Å². The standard InChI is InChI=1S/C35H42N6O3/c1-23-26(19-35(2,3)39-33(43)25-9-6-5-7-10-25)11-8-12-28(23)27-17-30(34(44)40(4)21-27)38-32-18-29(36)31(20-37-32)41-15-13-24(22-42)14-16-41/h5-12,17-18,20-21,24,42H,13-16,19,22H2,1-4H3,(H,39,43)(H3,36,37,38). The van der Waals surface area contributed by atoms with Gasteiger partial charge < -0.3 is 30.9 Å². The number of pyridine rings is 2. The van der Waals surface area contributed by atoms with Crippen molar-refractivity contribution in [2.75, 3.05) is 35.6 Å². The number of aromatic nitrogens is 2. The zero-order valence-corrected chi connectivity index (χ0v) is 25.9. The van der Waals surface area contributed by atoms with Gasteiger partial charge in [0.05, 0.1) is 17.6 Å². The number of piperidine rings is 1. The van der Waals surface area contributed by atoms with Gasteiger partial charge in [0.2, 0.25) is 0 Å². The number of benzene rings is 2. The molecule has 0 atom stereocenters. The van der Waals surface area contributed by atoms with Crippen molar-refractivity contribution >= 4 is 28.8 Å². The first-order chi connectivity index (χ1) is 21.0. The average Bonchev–Trinajstić information content (AvgIpc) is 3.00. The minimum atomic E-state index is -0.487. The van der Waals surface area contributed by atoms with E-state index in [1.807, 2.05) is 68.6 Å². The third kappa shape index (κ3) is 6.94. The number of aryl methyl sites for hydroxylation is 1. The number of carbonyl (C=O) groups is 1. The molecular weight excluding hydrogens is 552 g/mol. The number of carbonyl (C=O) groups excluding carboxylic acids is 1. The number of nitrogens with two attached hydrogens (primary N) is 1. The molecule has 44 heavy (non-hydrogen) atoms. The maximum Gasteiger partial charge on any atom is 0.274 e. The molecule has 1 saturated heterocycles. The highest BCUT2D eigenvalue weighted by Crippen LogP contribution is 2.31. The second-order valence-corrected chi connectivity index (χ2v) is 12.4. The number of anilines is 4. The minimum Gasteiger partial charge on any atom is -0.397 e. The molecule has 0 aliphatic carbocycles. The fourth-order valence-corrected chi connectivity index (χ4v) is 5.92. The molecule has 1 aliphatic rings. The number of nitrogens with zero attached hydrogens (tertiary/aromatic N) is 3. The van der Waals surface area contributed by atoms with E-state index in [1.54, 1.807) is 23.9 Å². The van der Waals surface area contributed by atoms with Crippen LogP contribution in [0.2, 0.25) is 0 Å². The molecule has 0 bridgehead atoms. The highest BCUT2D eigenvalue weighted by atomic mass is 16.3. The third-order valence-electron chi connectivity index (χ3n) is 8.45. The number of aliphatic hydroxyl groups is 1. The van der Waals surface area contributed by atoms with Crippen molar-refractivity contribution in [1.29, 1.82) is 0 Å². The zero-order valence-electron chi connectivity index (χ0n) is 25.9. The number of aliphatic hydroxyl groups excluding tert-OH is 1. The molecule has 9 heteroatoms. The van der Waals surface area contributed by atoms with Crippen molar-refractivity contribution in [3.8, 4) is 11.1 Å². The van der Waals surface area contributed by atoms with E-state index in [4.69, 9.17) is 5.73 Å². The van der Waals surface area contributed by atoms with Gasteiger partial charge >= 0.3 is 0 Å². The lowest BCUT2D eigenvalue weighted by molar-refractivity contribution is 0.0913. The molecule has 5 N–H and O–H groups in total. The van der Waals surface area contributed by atoms with Crippen molar-refractivity contribution in [2.45, 2.75) is 45.6 Å². The van der Waals surface area contributed by atoms with Gasteiger partial charge in [0.1, 0.15) is 11.5 Å². The number of nitrogen functional groups attached to an aromatic ring is 1. The van der Waals surface area contributed by atoms with Gasteiger partial charge in [-0.05, 0) is 80.8 Å². The summed E-state index contributed by atoms with van der Waals surface area (Å²) in [5, 5.41) is 15.8. The van der Waals surface area contributed by atoms with E-state index < -0.39 is 5.54 Å². The summed E-state index contributed by atoms with van der Waals surface area (Å²) in [6, 6.07) is 19.0. The number of hydrogen-bond acceptors (Lipinski definition) is 7. The van der Waals surface area contributed by atoms with E-state index >= 15 is 0 Å². The first-order valence-corrected chi connectivity index (χ1v) is 15.1. The predicted octanol–water partition coefficient (Wildman–Crippen LogP) is 5.04. The number of amides is 1. The first-order valence-electron chi connectivity index (χ1n) is 15.1. The molecular formula is C35H42N6O3. The SMILES string of the molecule is Cc1c(CC(C)(C)NC(=O)c2ccccc2)cccc1-c1cc(Nc2cc(N)c(N3CCC(CO)CC3)cn2)c(=O)n(C)c1. The highest BCUT2D eigenvalue weighted by Gasteiger charge is 2.24. The van der Waals surface area contributed by atoms with E-state index in [9.17, 15) is 14.7 Å². The molecule has 9 nitrogen and oxygen atoms in total. The van der Waals surface area contributed by atoms with Crippen LogP contribution in [0.3, 0.4) is 0 Å². The Morgan fingerprint density at radius 2 is 1.82 bits per heavy atom. The smallest absolute Gasteiger partial charge is 0.274 e. The molecule has 0 unspecified atom stereocenters. The van der Waals surface area contributed by atoms with Crippen LogP contribution in [0.5, 0.6) is 0 Å². The van der Waals surface area contributed by atoms with E-state index in [2.05, 4.69) is 33.5 Å². The number of hydrogen-bond donors (Lipinski definition) is 4. The third-order valence-corrected chi connectivity index (χ3v) is 8.45. The predicted molar refractivity (Wildman–Crippen MR) is 178 cm³/mol. The van der Waals surface area contributed by atoms with Crippen LogP contribution in [-0.2, 0) is 13.5 Å². The molecule has 5 rings (SSSR count). The van der Waals surface area contributed by atoms with Crippen LogP contribution in [0, 0.1) is 12.8 Å². The van der Waals surface area contributed by atoms with Crippen LogP contribution in [-0.4, -0.2) is 45.8 Å². The summed E-state index contributed by atoms with van der Waals surface area (Å²) in [4.78, 5) is 32.8. The lowest BCUT2D eigenvalue weighted by Gasteiger charge is -2.33. The molecule has 4 aromatic rings. The van der Waals surface area contributed by atoms with Crippen LogP contribution in [0.4, 0.5) is 22.9 Å². The Bertz CT molecular complexity index is 1690. The molecule has 2 aromatic heterocycles. The van der Waals surface area contributed by atoms with E-state index in [0.29, 0.717) is 35.1 Å². The zero-order chi connectivity index (χ0) is 31.4. The summed E-state index contributed by atoms with van der Waals surface area (Å²) in [7, 11) is 1.74. The van der Waals surface area contributed by atoms with E-state index in [1.165, 1.54) is 0 Å². The Morgan fingerprint density at radius 1 is 1.09 bits per heavy atom. The topological polar surface area (TPSA) is 126 Å². The lowest BCUT2D eigenvalue weighted by Crippen LogP contribution is -2.45. The molecule has 2 aromatic carbocycles. The van der Waals surface area contributed by atoms with Crippen LogP contribution in [0.15, 0.2) is 77.9 Å². The molecule has 0 spiro atoms. The summed E-state index contributed by atoms with van der Waals surface area (Å²) in [6.45, 7) is 7.98. The second-order valence-electron chi connectivity index (χ2n) is 12.4. The Hall–Kier alpha value is -4.63. The fraction of sp³-hybridized carbons (Fsp3) is 0.343. The van der Waals surface area contributed by atoms with Gasteiger partial charge in [-0.2, -0.15) is 0 Å². The molecule has 3 heterocycles. The first kappa shape index (κ1) is 30.8. The van der Waals surface area contributed by atoms with Gasteiger partial charge in [-0.15, -0.1) is 0 Å². The summed E-state index contributed by atoms with van der Waals surface area (Å²) in [5.74, 6) is 0.722. The van der Waals surface area contributed by atoms with Crippen LogP contribution in [0.1, 0.15) is 48.2 Å². The van der Waals surface area contributed by atoms with Crippen molar-refractivity contribution in [3.63, 3.8) is 0 Å². The molecule has 0 saturated carbocycles. The maximum atomic E-state index is 13.1. The molecule has 1 amide bonds. The monoisotopic (exact) mass is 594 g/mol. The Morgan fingerprint density at radius 3 is 2.50 bits per heavy atom. The van der Waals surface area contributed by atoms with Crippen molar-refractivity contribution < 1.29 is 9.90 Å². The molecule has 1 aliphatic heterocycles. The van der Waals surface area contributed by atoms with Gasteiger partial charge in [-0.3, -0.25) is 9.59 Å². The number of nitrogens with one attached hydrogen (secondary N) is 2. The summed E-state index contributed by atoms with van der Waals surface area (Å²) >= 11 is 0. The number of rotatable bonds is 9. The minimum absolute atomic E-state index is 0.105. The molecule has 0 radical (unpaired) electrons. The van der Waals surface area contributed by atoms with Crippen LogP contribution in [0.25, 0.3) is 11.1 Å². The van der Waals surface area contributed by atoms with E-state index in [-0.39, 0.29) is 18.1 Å². The van der Waals surface area contributed by atoms with Gasteiger partial charge in [0.15, 0.2) is 0 Å². The van der Waals surface area contributed by atoms with Crippen LogP contribution < -0.4 is 26.8 Å². The Labute approximate surface area is 258 Å². The van der Waals surface area contributed by atoms with Crippen molar-refractivity contribution in [3.05, 3.63) is 100 Å². The summed E-state index contributed by atoms with van der Waals surface area (Å²) in [5.41, 5.74) is 12.3. The fourth-order valence-electron chi connectivity index (χ4n) is 5.92. The maximum absolute atomic E-state index is 13.1. The lowest BCUT2D eigenvalue weighted by atomic mass is 9.88. The normalized spacial score (nSPS) is 14.0. The van der Waals surface area contributed by atoms with Gasteiger partial charge in [0, 0.05) is 55.7 Å². The Balaban J connectivity index is 1.36. The van der Waals surface area contributed by atoms with Crippen LogP contribution >= 0.6 is 0 Å². The molecule has 1 fully saturated rings. The van der Waals surface area contributed by atoms with Gasteiger partial charge in [0.25, 0.3) is 11.5 Å². The van der Waals surface area contributed by atoms with Crippen molar-refractivity contribution in [1.82, 2.24) is 14.9 Å². The largest absolute Gasteiger partial charge is 0.397 e. The van der Waals surface area contributed by atoms with Gasteiger partial charge in [-0.1, -0.05) is 36.4 Å².